The van der Waals surface area contributed by atoms with Crippen molar-refractivity contribution < 1.29 is 41.0 Å². The van der Waals surface area contributed by atoms with Crippen molar-refractivity contribution in [3.63, 3.8) is 0 Å². The topological polar surface area (TPSA) is 104 Å². The lowest BCUT2D eigenvalue weighted by Gasteiger charge is -2.32. The minimum absolute atomic E-state index is 0.0409. The maximum absolute atomic E-state index is 14.4. The predicted molar refractivity (Wildman–Crippen MR) is 110 cm³/mol. The Hall–Kier alpha value is -3.28. The molecule has 34 heavy (non-hydrogen) atoms. The second-order valence-electron chi connectivity index (χ2n) is 8.18. The van der Waals surface area contributed by atoms with Crippen molar-refractivity contribution in [2.24, 2.45) is 11.7 Å². The Morgan fingerprint density at radius 2 is 1.88 bits per heavy atom. The van der Waals surface area contributed by atoms with Crippen LogP contribution in [0.4, 0.5) is 27.6 Å². The molecule has 3 rings (SSSR count). The average Bonchev–Trinajstić information content (AvgIpc) is 3.01. The zero-order valence-electron chi connectivity index (χ0n) is 18.6. The molecule has 0 radical (unpaired) electrons. The summed E-state index contributed by atoms with van der Waals surface area (Å²) in [5, 5.41) is 2.41. The number of methoxy groups -OCH3 is 1. The van der Waals surface area contributed by atoms with E-state index in [0.29, 0.717) is 5.69 Å². The molecule has 0 aliphatic carbocycles. The van der Waals surface area contributed by atoms with Crippen molar-refractivity contribution in [2.45, 2.75) is 44.6 Å². The number of nitrogens with two attached hydrogens (primary N) is 1. The van der Waals surface area contributed by atoms with E-state index >= 15 is 0 Å². The highest BCUT2D eigenvalue weighted by Crippen LogP contribution is 2.55. The van der Waals surface area contributed by atoms with E-state index in [1.54, 1.807) is 0 Å². The Kier molecular flexibility index (Phi) is 6.57. The molecule has 1 fully saturated rings. The van der Waals surface area contributed by atoms with Gasteiger partial charge in [0.2, 0.25) is 5.82 Å². The summed E-state index contributed by atoms with van der Waals surface area (Å²) in [5.74, 6) is -7.93. The molecule has 2 aromatic rings. The number of nitrogens with one attached hydrogen (secondary N) is 1. The molecule has 1 saturated heterocycles. The molecule has 2 heterocycles. The number of aryl methyl sites for hydroxylation is 1. The van der Waals surface area contributed by atoms with E-state index in [0.717, 1.165) is 32.2 Å². The monoisotopic (exact) mass is 487 g/mol. The minimum Gasteiger partial charge on any atom is -0.493 e. The molecule has 4 atom stereocenters. The van der Waals surface area contributed by atoms with E-state index in [1.165, 1.54) is 19.9 Å². The maximum Gasteiger partial charge on any atom is 0.417 e. The van der Waals surface area contributed by atoms with E-state index in [4.69, 9.17) is 15.2 Å². The molecule has 1 aromatic heterocycles. The average molecular weight is 487 g/mol. The summed E-state index contributed by atoms with van der Waals surface area (Å²) in [6.45, 7) is 3.51. The summed E-state index contributed by atoms with van der Waals surface area (Å²) in [7, 11) is 1.03. The summed E-state index contributed by atoms with van der Waals surface area (Å²) in [4.78, 5) is 28.5. The van der Waals surface area contributed by atoms with Gasteiger partial charge in [0, 0.05) is 28.8 Å². The van der Waals surface area contributed by atoms with E-state index in [9.17, 15) is 31.5 Å². The molecule has 1 aromatic carbocycles. The van der Waals surface area contributed by atoms with E-state index in [2.05, 4.69) is 10.3 Å². The van der Waals surface area contributed by atoms with Gasteiger partial charge >= 0.3 is 6.18 Å². The number of nitrogens with zero attached hydrogens (tertiary/aromatic N) is 1. The lowest BCUT2D eigenvalue weighted by atomic mass is 9.77. The van der Waals surface area contributed by atoms with Gasteiger partial charge in [-0.3, -0.25) is 9.59 Å². The number of benzene rings is 1. The van der Waals surface area contributed by atoms with Crippen molar-refractivity contribution in [3.05, 3.63) is 52.9 Å². The predicted octanol–water partition coefficient (Wildman–Crippen LogP) is 3.85. The molecular formula is C22H22F5N3O4. The summed E-state index contributed by atoms with van der Waals surface area (Å²) in [5.41, 5.74) is 2.45. The summed E-state index contributed by atoms with van der Waals surface area (Å²) < 4.78 is 80.3. The highest BCUT2D eigenvalue weighted by Gasteiger charge is 2.65. The van der Waals surface area contributed by atoms with Crippen LogP contribution in [-0.2, 0) is 9.53 Å². The number of aromatic nitrogens is 1. The van der Waals surface area contributed by atoms with Crippen LogP contribution in [0.25, 0.3) is 0 Å². The number of ether oxygens (including phenoxy) is 2. The SMILES string of the molecule is COc1c([C@H]2[C@@H](C)[C@](C)(C(F)(F)F)O[C@H]2C(=O)Nc2cc(C)nc(C(N)=O)c2)ccc(F)c1F. The van der Waals surface area contributed by atoms with E-state index in [1.807, 2.05) is 0 Å². The van der Waals surface area contributed by atoms with Crippen LogP contribution in [0.15, 0.2) is 24.3 Å². The molecule has 0 spiro atoms. The second kappa shape index (κ2) is 8.82. The van der Waals surface area contributed by atoms with Crippen molar-refractivity contribution in [1.29, 1.82) is 0 Å². The number of carbonyl (C=O) groups is 2. The number of halogens is 5. The molecule has 1 aliphatic rings. The number of primary amides is 1. The maximum atomic E-state index is 14.4. The summed E-state index contributed by atoms with van der Waals surface area (Å²) in [6, 6.07) is 4.33. The zero-order valence-corrected chi connectivity index (χ0v) is 18.6. The highest BCUT2D eigenvalue weighted by atomic mass is 19.4. The first-order chi connectivity index (χ1) is 15.7. The van der Waals surface area contributed by atoms with Gasteiger partial charge in [-0.1, -0.05) is 13.0 Å². The van der Waals surface area contributed by atoms with Gasteiger partial charge in [0.25, 0.3) is 11.8 Å². The number of pyridine rings is 1. The van der Waals surface area contributed by atoms with Gasteiger partial charge in [0.1, 0.15) is 11.8 Å². The molecular weight excluding hydrogens is 465 g/mol. The van der Waals surface area contributed by atoms with Crippen molar-refractivity contribution in [2.75, 3.05) is 12.4 Å². The molecule has 7 nitrogen and oxygen atoms in total. The largest absolute Gasteiger partial charge is 0.493 e. The first kappa shape index (κ1) is 25.3. The Labute approximate surface area is 191 Å². The summed E-state index contributed by atoms with van der Waals surface area (Å²) >= 11 is 0. The number of anilines is 1. The number of hydrogen-bond donors (Lipinski definition) is 2. The lowest BCUT2D eigenvalue weighted by Crippen LogP contribution is -2.47. The number of hydrogen-bond acceptors (Lipinski definition) is 5. The fourth-order valence-electron chi connectivity index (χ4n) is 4.12. The molecule has 0 bridgehead atoms. The first-order valence-electron chi connectivity index (χ1n) is 10.1. The molecule has 2 amide bonds. The standard InChI is InChI=1S/C22H22F5N3O4/c1-9-7-11(8-14(29-9)19(28)31)30-20(32)18-15(10(2)21(3,34-18)22(25,26)27)12-5-6-13(23)16(24)17(12)33-4/h5-8,10,15,18H,1-4H3,(H2,28,31)(H,29,30,32)/t10-,15-,18-,21-/m1/s1. The van der Waals surface area contributed by atoms with Gasteiger partial charge < -0.3 is 20.5 Å². The van der Waals surface area contributed by atoms with Gasteiger partial charge in [-0.15, -0.1) is 0 Å². The minimum atomic E-state index is -4.89. The number of amides is 2. The molecule has 1 aliphatic heterocycles. The van der Waals surface area contributed by atoms with Crippen LogP contribution in [0.3, 0.4) is 0 Å². The van der Waals surface area contributed by atoms with E-state index in [-0.39, 0.29) is 16.9 Å². The first-order valence-corrected chi connectivity index (χ1v) is 10.1. The fraction of sp³-hybridized carbons (Fsp3) is 0.409. The van der Waals surface area contributed by atoms with Crippen molar-refractivity contribution >= 4 is 17.5 Å². The normalized spacial score (nSPS) is 24.7. The smallest absolute Gasteiger partial charge is 0.417 e. The van der Waals surface area contributed by atoms with Gasteiger partial charge in [-0.05, 0) is 32.0 Å². The molecule has 0 unspecified atom stereocenters. The van der Waals surface area contributed by atoms with Crippen LogP contribution in [0.2, 0.25) is 0 Å². The van der Waals surface area contributed by atoms with Crippen LogP contribution in [0, 0.1) is 24.5 Å². The van der Waals surface area contributed by atoms with Gasteiger partial charge in [0.05, 0.1) is 7.11 Å². The zero-order chi connectivity index (χ0) is 25.6. The third-order valence-corrected chi connectivity index (χ3v) is 6.04. The Morgan fingerprint density at radius 3 is 2.44 bits per heavy atom. The summed E-state index contributed by atoms with van der Waals surface area (Å²) in [6.07, 6.45) is -6.66. The molecule has 184 valence electrons. The second-order valence-corrected chi connectivity index (χ2v) is 8.18. The van der Waals surface area contributed by atoms with Crippen LogP contribution < -0.4 is 15.8 Å². The molecule has 12 heteroatoms. The molecule has 3 N–H and O–H groups in total. The fourth-order valence-corrected chi connectivity index (χ4v) is 4.12. The lowest BCUT2D eigenvalue weighted by molar-refractivity contribution is -0.272. The Balaban J connectivity index is 2.09. The molecule has 0 saturated carbocycles. The third-order valence-electron chi connectivity index (χ3n) is 6.04. The van der Waals surface area contributed by atoms with Crippen molar-refractivity contribution in [3.8, 4) is 5.75 Å². The quantitative estimate of drug-likeness (QED) is 0.624. The van der Waals surface area contributed by atoms with Crippen LogP contribution in [0.5, 0.6) is 5.75 Å². The number of alkyl halides is 3. The van der Waals surface area contributed by atoms with Gasteiger partial charge in [-0.25, -0.2) is 9.37 Å². The van der Waals surface area contributed by atoms with Gasteiger partial charge in [-0.2, -0.15) is 17.6 Å². The van der Waals surface area contributed by atoms with Crippen LogP contribution >= 0.6 is 0 Å². The Bertz CT molecular complexity index is 1140. The van der Waals surface area contributed by atoms with Crippen molar-refractivity contribution in [1.82, 2.24) is 4.98 Å². The highest BCUT2D eigenvalue weighted by molar-refractivity contribution is 5.97. The van der Waals surface area contributed by atoms with Crippen LogP contribution in [-0.4, -0.2) is 41.8 Å². The Morgan fingerprint density at radius 1 is 1.24 bits per heavy atom. The van der Waals surface area contributed by atoms with Crippen LogP contribution in [0.1, 0.15) is 41.5 Å². The van der Waals surface area contributed by atoms with Gasteiger partial charge in [0.15, 0.2) is 17.2 Å². The number of rotatable bonds is 5. The third kappa shape index (κ3) is 4.29. The number of carbonyl (C=O) groups excluding carboxylic acids is 2. The van der Waals surface area contributed by atoms with E-state index < -0.39 is 58.9 Å².